The molecule has 0 bridgehead atoms. The average Bonchev–Trinajstić information content (AvgIpc) is 2.38. The van der Waals surface area contributed by atoms with E-state index in [0.29, 0.717) is 5.92 Å². The van der Waals surface area contributed by atoms with Gasteiger partial charge >= 0.3 is 0 Å². The Bertz CT molecular complexity index is 380. The highest BCUT2D eigenvalue weighted by molar-refractivity contribution is 6.31. The first-order valence-electron chi connectivity index (χ1n) is 7.18. The summed E-state index contributed by atoms with van der Waals surface area (Å²) < 4.78 is 0. The summed E-state index contributed by atoms with van der Waals surface area (Å²) in [6.45, 7) is 12.6. The predicted molar refractivity (Wildman–Crippen MR) is 84.0 cm³/mol. The van der Waals surface area contributed by atoms with Gasteiger partial charge in [0.15, 0.2) is 0 Å². The summed E-state index contributed by atoms with van der Waals surface area (Å²) in [5.41, 5.74) is 1.13. The maximum absolute atomic E-state index is 6.21. The van der Waals surface area contributed by atoms with Crippen LogP contribution in [0.15, 0.2) is 12.3 Å². The molecular weight excluding hydrogens is 258 g/mol. The van der Waals surface area contributed by atoms with Crippen molar-refractivity contribution in [2.45, 2.75) is 40.7 Å². The zero-order valence-electron chi connectivity index (χ0n) is 12.5. The molecule has 0 aliphatic carbocycles. The third kappa shape index (κ3) is 5.37. The van der Waals surface area contributed by atoms with Crippen LogP contribution in [0.5, 0.6) is 0 Å². The molecule has 3 nitrogen and oxygen atoms in total. The highest BCUT2D eigenvalue weighted by Crippen LogP contribution is 2.21. The average molecular weight is 284 g/mol. The Balaban J connectivity index is 2.80. The van der Waals surface area contributed by atoms with E-state index in [1.807, 2.05) is 0 Å². The second-order valence-corrected chi connectivity index (χ2v) is 5.65. The van der Waals surface area contributed by atoms with Gasteiger partial charge in [0.05, 0.1) is 5.02 Å². The summed E-state index contributed by atoms with van der Waals surface area (Å²) in [6, 6.07) is 2.11. The molecule has 0 atom stereocenters. The molecule has 1 heterocycles. The van der Waals surface area contributed by atoms with Gasteiger partial charge in [0.25, 0.3) is 0 Å². The predicted octanol–water partition coefficient (Wildman–Crippen LogP) is 3.72. The van der Waals surface area contributed by atoms with Crippen molar-refractivity contribution in [3.63, 3.8) is 0 Å². The number of hydrogen-bond acceptors (Lipinski definition) is 3. The third-order valence-corrected chi connectivity index (χ3v) is 3.29. The van der Waals surface area contributed by atoms with Gasteiger partial charge in [0.1, 0.15) is 5.82 Å². The molecule has 1 N–H and O–H groups in total. The fourth-order valence-corrected chi connectivity index (χ4v) is 2.17. The fourth-order valence-electron chi connectivity index (χ4n) is 2.00. The van der Waals surface area contributed by atoms with E-state index < -0.39 is 0 Å². The van der Waals surface area contributed by atoms with Gasteiger partial charge in [0.2, 0.25) is 0 Å². The summed E-state index contributed by atoms with van der Waals surface area (Å²) in [7, 11) is 0. The lowest BCUT2D eigenvalue weighted by Gasteiger charge is -2.24. The van der Waals surface area contributed by atoms with Crippen molar-refractivity contribution in [1.82, 2.24) is 10.3 Å². The van der Waals surface area contributed by atoms with E-state index in [1.165, 1.54) is 0 Å². The van der Waals surface area contributed by atoms with E-state index in [9.17, 15) is 0 Å². The minimum Gasteiger partial charge on any atom is -0.357 e. The molecule has 0 aliphatic rings. The van der Waals surface area contributed by atoms with E-state index in [1.54, 1.807) is 6.20 Å². The summed E-state index contributed by atoms with van der Waals surface area (Å²) >= 11 is 6.21. The van der Waals surface area contributed by atoms with Crippen LogP contribution in [0, 0.1) is 5.92 Å². The molecule has 0 spiro atoms. The van der Waals surface area contributed by atoms with E-state index >= 15 is 0 Å². The van der Waals surface area contributed by atoms with Gasteiger partial charge in [-0.2, -0.15) is 0 Å². The largest absolute Gasteiger partial charge is 0.357 e. The molecule has 0 saturated heterocycles. The molecule has 19 heavy (non-hydrogen) atoms. The van der Waals surface area contributed by atoms with Crippen molar-refractivity contribution in [3.05, 3.63) is 22.8 Å². The van der Waals surface area contributed by atoms with Crippen LogP contribution in [0.3, 0.4) is 0 Å². The van der Waals surface area contributed by atoms with Crippen molar-refractivity contribution in [2.24, 2.45) is 5.92 Å². The molecule has 0 amide bonds. The summed E-state index contributed by atoms with van der Waals surface area (Å²) in [5.74, 6) is 1.65. The Kier molecular flexibility index (Phi) is 7.17. The lowest BCUT2D eigenvalue weighted by atomic mass is 10.2. The Labute approximate surface area is 122 Å². The van der Waals surface area contributed by atoms with Crippen molar-refractivity contribution < 1.29 is 0 Å². The van der Waals surface area contributed by atoms with Crippen LogP contribution in [-0.4, -0.2) is 24.6 Å². The van der Waals surface area contributed by atoms with E-state index in [2.05, 4.69) is 49.0 Å². The number of rotatable bonds is 8. The van der Waals surface area contributed by atoms with Crippen molar-refractivity contribution in [1.29, 1.82) is 0 Å². The van der Waals surface area contributed by atoms with Crippen LogP contribution in [0.2, 0.25) is 5.02 Å². The monoisotopic (exact) mass is 283 g/mol. The molecule has 4 heteroatoms. The molecule has 0 aliphatic heterocycles. The molecule has 0 fully saturated rings. The maximum atomic E-state index is 6.21. The zero-order chi connectivity index (χ0) is 14.3. The summed E-state index contributed by atoms with van der Waals surface area (Å²) in [6.07, 6.45) is 2.90. The number of aromatic nitrogens is 1. The second kappa shape index (κ2) is 8.39. The molecule has 0 radical (unpaired) electrons. The quantitative estimate of drug-likeness (QED) is 0.737. The number of halogens is 1. The first kappa shape index (κ1) is 16.3. The smallest absolute Gasteiger partial charge is 0.128 e. The molecule has 108 valence electrons. The van der Waals surface area contributed by atoms with E-state index in [0.717, 1.165) is 49.0 Å². The molecule has 0 saturated carbocycles. The molecule has 1 aromatic rings. The Hall–Kier alpha value is -0.800. The normalized spacial score (nSPS) is 11.1. The van der Waals surface area contributed by atoms with Gasteiger partial charge in [-0.1, -0.05) is 32.4 Å². The van der Waals surface area contributed by atoms with Crippen LogP contribution in [0.4, 0.5) is 5.82 Å². The van der Waals surface area contributed by atoms with Crippen LogP contribution in [-0.2, 0) is 6.54 Å². The number of pyridine rings is 1. The third-order valence-electron chi connectivity index (χ3n) is 2.95. The zero-order valence-corrected chi connectivity index (χ0v) is 13.3. The van der Waals surface area contributed by atoms with Crippen molar-refractivity contribution in [2.75, 3.05) is 24.5 Å². The topological polar surface area (TPSA) is 28.2 Å². The lowest BCUT2D eigenvalue weighted by molar-refractivity contribution is 0.613. The molecule has 0 aromatic carbocycles. The summed E-state index contributed by atoms with van der Waals surface area (Å²) in [5, 5.41) is 4.13. The van der Waals surface area contributed by atoms with Crippen molar-refractivity contribution in [3.8, 4) is 0 Å². The number of anilines is 1. The van der Waals surface area contributed by atoms with Gasteiger partial charge in [-0.05, 0) is 37.4 Å². The van der Waals surface area contributed by atoms with Crippen LogP contribution in [0.1, 0.15) is 39.7 Å². The standard InChI is InChI=1S/C15H26ClN3/c1-5-7-17-9-13-8-15(18-10-14(13)16)19(6-2)11-12(3)4/h8,10,12,17H,5-7,9,11H2,1-4H3. The minimum atomic E-state index is 0.624. The van der Waals surface area contributed by atoms with Crippen molar-refractivity contribution >= 4 is 17.4 Å². The Morgan fingerprint density at radius 2 is 2.11 bits per heavy atom. The maximum Gasteiger partial charge on any atom is 0.128 e. The van der Waals surface area contributed by atoms with Gasteiger partial charge < -0.3 is 10.2 Å². The number of nitrogens with one attached hydrogen (secondary N) is 1. The minimum absolute atomic E-state index is 0.624. The van der Waals surface area contributed by atoms with Gasteiger partial charge in [-0.3, -0.25) is 0 Å². The lowest BCUT2D eigenvalue weighted by Crippen LogP contribution is -2.28. The van der Waals surface area contributed by atoms with Gasteiger partial charge in [-0.25, -0.2) is 4.98 Å². The highest BCUT2D eigenvalue weighted by atomic mass is 35.5. The first-order chi connectivity index (χ1) is 9.08. The van der Waals surface area contributed by atoms with Crippen LogP contribution >= 0.6 is 11.6 Å². The van der Waals surface area contributed by atoms with E-state index in [4.69, 9.17) is 11.6 Å². The van der Waals surface area contributed by atoms with Gasteiger partial charge in [0, 0.05) is 25.8 Å². The molecule has 1 aromatic heterocycles. The first-order valence-corrected chi connectivity index (χ1v) is 7.56. The number of nitrogens with zero attached hydrogens (tertiary/aromatic N) is 2. The van der Waals surface area contributed by atoms with Crippen LogP contribution in [0.25, 0.3) is 0 Å². The summed E-state index contributed by atoms with van der Waals surface area (Å²) in [4.78, 5) is 6.75. The molecular formula is C15H26ClN3. The highest BCUT2D eigenvalue weighted by Gasteiger charge is 2.10. The Morgan fingerprint density at radius 1 is 1.37 bits per heavy atom. The van der Waals surface area contributed by atoms with E-state index in [-0.39, 0.29) is 0 Å². The fraction of sp³-hybridized carbons (Fsp3) is 0.667. The van der Waals surface area contributed by atoms with Gasteiger partial charge in [-0.15, -0.1) is 0 Å². The second-order valence-electron chi connectivity index (χ2n) is 5.24. The molecule has 1 rings (SSSR count). The molecule has 0 unspecified atom stereocenters. The Morgan fingerprint density at radius 3 is 2.68 bits per heavy atom. The number of hydrogen-bond donors (Lipinski definition) is 1. The SMILES string of the molecule is CCCNCc1cc(N(CC)CC(C)C)ncc1Cl. The van der Waals surface area contributed by atoms with Crippen LogP contribution < -0.4 is 10.2 Å².